The minimum Gasteiger partial charge on any atom is -0.434 e. The van der Waals surface area contributed by atoms with Gasteiger partial charge in [0.1, 0.15) is 11.6 Å². The summed E-state index contributed by atoms with van der Waals surface area (Å²) in [5.74, 6) is -0.654. The highest BCUT2D eigenvalue weighted by molar-refractivity contribution is 9.09. The van der Waals surface area contributed by atoms with E-state index >= 15 is 0 Å². The molecule has 0 aliphatic carbocycles. The highest BCUT2D eigenvalue weighted by Gasteiger charge is 2.10. The number of halogens is 4. The first-order chi connectivity index (χ1) is 7.13. The van der Waals surface area contributed by atoms with Crippen LogP contribution in [0.5, 0.6) is 5.75 Å². The van der Waals surface area contributed by atoms with Crippen LogP contribution in [0.2, 0.25) is 0 Å². The van der Waals surface area contributed by atoms with Gasteiger partial charge in [0.05, 0.1) is 0 Å². The van der Waals surface area contributed by atoms with Crippen molar-refractivity contribution in [2.24, 2.45) is 0 Å². The lowest BCUT2D eigenvalue weighted by Crippen LogP contribution is -2.05. The van der Waals surface area contributed by atoms with Crippen LogP contribution in [0.1, 0.15) is 12.0 Å². The fourth-order valence-corrected chi connectivity index (χ4v) is 1.48. The van der Waals surface area contributed by atoms with Crippen LogP contribution >= 0.6 is 15.9 Å². The number of ether oxygens (including phenoxy) is 1. The summed E-state index contributed by atoms with van der Waals surface area (Å²) in [5.41, 5.74) is 0.594. The Bertz CT molecular complexity index is 318. The van der Waals surface area contributed by atoms with E-state index in [1.54, 1.807) is 0 Å². The summed E-state index contributed by atoms with van der Waals surface area (Å²) in [6.07, 6.45) is 1.36. The summed E-state index contributed by atoms with van der Waals surface area (Å²) >= 11 is 3.23. The van der Waals surface area contributed by atoms with Gasteiger partial charge in [0.25, 0.3) is 0 Å². The van der Waals surface area contributed by atoms with E-state index in [4.69, 9.17) is 0 Å². The van der Waals surface area contributed by atoms with Gasteiger partial charge < -0.3 is 4.74 Å². The van der Waals surface area contributed by atoms with Crippen molar-refractivity contribution in [1.82, 2.24) is 0 Å². The standard InChI is InChI=1S/C10H10BrF3O/c11-5-1-2-7-3-4-8(12)6-9(7)15-10(13)14/h3-4,6,10H,1-2,5H2. The van der Waals surface area contributed by atoms with Gasteiger partial charge in [-0.2, -0.15) is 8.78 Å². The molecule has 0 radical (unpaired) electrons. The lowest BCUT2D eigenvalue weighted by Gasteiger charge is -2.10. The molecule has 1 aromatic carbocycles. The molecule has 0 aromatic heterocycles. The van der Waals surface area contributed by atoms with Crippen LogP contribution < -0.4 is 4.74 Å². The summed E-state index contributed by atoms with van der Waals surface area (Å²) in [7, 11) is 0. The minimum atomic E-state index is -2.92. The summed E-state index contributed by atoms with van der Waals surface area (Å²) < 4.78 is 41.0. The molecule has 0 aliphatic heterocycles. The average Bonchev–Trinajstić information content (AvgIpc) is 2.16. The summed E-state index contributed by atoms with van der Waals surface area (Å²) in [5, 5.41) is 0.762. The number of alkyl halides is 3. The zero-order valence-corrected chi connectivity index (χ0v) is 9.44. The smallest absolute Gasteiger partial charge is 0.387 e. The topological polar surface area (TPSA) is 9.23 Å². The Balaban J connectivity index is 2.82. The average molecular weight is 283 g/mol. The van der Waals surface area contributed by atoms with Crippen LogP contribution in [0.15, 0.2) is 18.2 Å². The van der Waals surface area contributed by atoms with Gasteiger partial charge in [0.15, 0.2) is 0 Å². The molecule has 84 valence electrons. The largest absolute Gasteiger partial charge is 0.434 e. The van der Waals surface area contributed by atoms with Crippen LogP contribution in [0.4, 0.5) is 13.2 Å². The quantitative estimate of drug-likeness (QED) is 0.748. The number of hydrogen-bond acceptors (Lipinski definition) is 1. The minimum absolute atomic E-state index is 0.0778. The van der Waals surface area contributed by atoms with Crippen LogP contribution in [0.25, 0.3) is 0 Å². The Labute approximate surface area is 94.4 Å². The highest BCUT2D eigenvalue weighted by atomic mass is 79.9. The van der Waals surface area contributed by atoms with Gasteiger partial charge in [-0.25, -0.2) is 4.39 Å². The lowest BCUT2D eigenvalue weighted by atomic mass is 10.1. The SMILES string of the molecule is Fc1ccc(CCCBr)c(OC(F)F)c1. The molecule has 0 saturated carbocycles. The van der Waals surface area contributed by atoms with Crippen molar-refractivity contribution in [2.75, 3.05) is 5.33 Å². The molecule has 0 spiro atoms. The molecule has 0 aliphatic rings. The van der Waals surface area contributed by atoms with E-state index in [1.807, 2.05) is 0 Å². The summed E-state index contributed by atoms with van der Waals surface area (Å²) in [4.78, 5) is 0. The van der Waals surface area contributed by atoms with Crippen molar-refractivity contribution in [3.05, 3.63) is 29.6 Å². The predicted molar refractivity (Wildman–Crippen MR) is 55.1 cm³/mol. The van der Waals surface area contributed by atoms with Crippen LogP contribution in [0.3, 0.4) is 0 Å². The van der Waals surface area contributed by atoms with E-state index < -0.39 is 12.4 Å². The third kappa shape index (κ3) is 4.11. The second kappa shape index (κ2) is 6.00. The third-order valence-corrected chi connectivity index (χ3v) is 2.39. The molecule has 5 heteroatoms. The number of aryl methyl sites for hydroxylation is 1. The Kier molecular flexibility index (Phi) is 4.94. The molecule has 1 aromatic rings. The molecule has 1 nitrogen and oxygen atoms in total. The molecule has 1 rings (SSSR count). The lowest BCUT2D eigenvalue weighted by molar-refractivity contribution is -0.0506. The normalized spacial score (nSPS) is 10.7. The van der Waals surface area contributed by atoms with E-state index in [9.17, 15) is 13.2 Å². The molecule has 0 atom stereocenters. The van der Waals surface area contributed by atoms with Crippen molar-refractivity contribution < 1.29 is 17.9 Å². The fourth-order valence-electron chi connectivity index (χ4n) is 1.20. The Morgan fingerprint density at radius 1 is 1.33 bits per heavy atom. The molecule has 0 N–H and O–H groups in total. The number of benzene rings is 1. The number of rotatable bonds is 5. The zero-order valence-electron chi connectivity index (χ0n) is 7.85. The fraction of sp³-hybridized carbons (Fsp3) is 0.400. The summed E-state index contributed by atoms with van der Waals surface area (Å²) in [6, 6.07) is 3.69. The maximum Gasteiger partial charge on any atom is 0.387 e. The van der Waals surface area contributed by atoms with E-state index in [0.29, 0.717) is 12.0 Å². The first kappa shape index (κ1) is 12.4. The van der Waals surface area contributed by atoms with E-state index in [1.165, 1.54) is 12.1 Å². The molecule has 15 heavy (non-hydrogen) atoms. The second-order valence-corrected chi connectivity index (χ2v) is 3.72. The Morgan fingerprint density at radius 2 is 2.07 bits per heavy atom. The van der Waals surface area contributed by atoms with Crippen molar-refractivity contribution in [3.63, 3.8) is 0 Å². The molecular formula is C10H10BrF3O. The summed E-state index contributed by atoms with van der Waals surface area (Å²) in [6.45, 7) is -2.92. The molecule has 0 amide bonds. The highest BCUT2D eigenvalue weighted by Crippen LogP contribution is 2.23. The van der Waals surface area contributed by atoms with Gasteiger partial charge >= 0.3 is 6.61 Å². The van der Waals surface area contributed by atoms with Gasteiger partial charge in [-0.15, -0.1) is 0 Å². The maximum atomic E-state index is 12.8. The molecule has 0 saturated heterocycles. The molecule has 0 unspecified atom stereocenters. The van der Waals surface area contributed by atoms with Crippen molar-refractivity contribution in [1.29, 1.82) is 0 Å². The maximum absolute atomic E-state index is 12.8. The molecule has 0 fully saturated rings. The van der Waals surface area contributed by atoms with Gasteiger partial charge in [0, 0.05) is 11.4 Å². The van der Waals surface area contributed by atoms with Gasteiger partial charge in [0.2, 0.25) is 0 Å². The van der Waals surface area contributed by atoms with Crippen LogP contribution in [-0.4, -0.2) is 11.9 Å². The zero-order chi connectivity index (χ0) is 11.3. The van der Waals surface area contributed by atoms with E-state index in [-0.39, 0.29) is 5.75 Å². The monoisotopic (exact) mass is 282 g/mol. The molecular weight excluding hydrogens is 273 g/mol. The van der Waals surface area contributed by atoms with Crippen molar-refractivity contribution in [2.45, 2.75) is 19.5 Å². The number of hydrogen-bond donors (Lipinski definition) is 0. The first-order valence-corrected chi connectivity index (χ1v) is 5.55. The van der Waals surface area contributed by atoms with Gasteiger partial charge in [-0.05, 0) is 24.5 Å². The van der Waals surface area contributed by atoms with Gasteiger partial charge in [-0.3, -0.25) is 0 Å². The second-order valence-electron chi connectivity index (χ2n) is 2.92. The molecule has 0 bridgehead atoms. The Hall–Kier alpha value is -0.710. The van der Waals surface area contributed by atoms with E-state index in [0.717, 1.165) is 17.8 Å². The van der Waals surface area contributed by atoms with E-state index in [2.05, 4.69) is 20.7 Å². The molecule has 0 heterocycles. The van der Waals surface area contributed by atoms with Crippen molar-refractivity contribution in [3.8, 4) is 5.75 Å². The van der Waals surface area contributed by atoms with Crippen LogP contribution in [0, 0.1) is 5.82 Å². The third-order valence-electron chi connectivity index (χ3n) is 1.83. The predicted octanol–water partition coefficient (Wildman–Crippen LogP) is 3.75. The Morgan fingerprint density at radius 3 is 2.67 bits per heavy atom. The van der Waals surface area contributed by atoms with Crippen LogP contribution in [-0.2, 0) is 6.42 Å². The van der Waals surface area contributed by atoms with Gasteiger partial charge in [-0.1, -0.05) is 22.0 Å². The van der Waals surface area contributed by atoms with Crippen molar-refractivity contribution >= 4 is 15.9 Å². The first-order valence-electron chi connectivity index (χ1n) is 4.42.